The lowest BCUT2D eigenvalue weighted by molar-refractivity contribution is 0.0893. The molecular weight excluding hydrogens is 220 g/mol. The summed E-state index contributed by atoms with van der Waals surface area (Å²) < 4.78 is 5.68. The van der Waals surface area contributed by atoms with E-state index in [1.54, 1.807) is 0 Å². The maximum Gasteiger partial charge on any atom is 0.156 e. The van der Waals surface area contributed by atoms with Crippen LogP contribution in [-0.2, 0) is 4.74 Å². The lowest BCUT2D eigenvalue weighted by Crippen LogP contribution is -2.36. The van der Waals surface area contributed by atoms with Crippen molar-refractivity contribution in [2.24, 2.45) is 10.9 Å². The van der Waals surface area contributed by atoms with Gasteiger partial charge in [-0.2, -0.15) is 0 Å². The molecular formula is C12H22N2OS. The molecule has 2 saturated heterocycles. The van der Waals surface area contributed by atoms with Gasteiger partial charge in [-0.15, -0.1) is 0 Å². The first-order chi connectivity index (χ1) is 7.79. The summed E-state index contributed by atoms with van der Waals surface area (Å²) in [5.41, 5.74) is 0. The van der Waals surface area contributed by atoms with Gasteiger partial charge in [-0.05, 0) is 26.2 Å². The predicted octanol–water partition coefficient (Wildman–Crippen LogP) is 2.27. The molecule has 0 saturated carbocycles. The van der Waals surface area contributed by atoms with E-state index >= 15 is 0 Å². The topological polar surface area (TPSA) is 33.6 Å². The van der Waals surface area contributed by atoms with Crippen LogP contribution in [0.5, 0.6) is 0 Å². The molecule has 0 aromatic heterocycles. The van der Waals surface area contributed by atoms with Gasteiger partial charge in [0.05, 0.1) is 6.10 Å². The Morgan fingerprint density at radius 2 is 2.38 bits per heavy atom. The number of thioether (sulfide) groups is 1. The van der Waals surface area contributed by atoms with Crippen LogP contribution in [0.3, 0.4) is 0 Å². The van der Waals surface area contributed by atoms with Crippen molar-refractivity contribution in [3.05, 3.63) is 0 Å². The second-order valence-electron chi connectivity index (χ2n) is 4.69. The van der Waals surface area contributed by atoms with Crippen LogP contribution in [0.25, 0.3) is 0 Å². The molecule has 0 amide bonds. The molecule has 0 bridgehead atoms. The lowest BCUT2D eigenvalue weighted by Gasteiger charge is -2.22. The summed E-state index contributed by atoms with van der Waals surface area (Å²) in [5, 5.41) is 4.58. The van der Waals surface area contributed by atoms with E-state index in [2.05, 4.69) is 19.2 Å². The van der Waals surface area contributed by atoms with Crippen molar-refractivity contribution in [2.45, 2.75) is 45.3 Å². The van der Waals surface area contributed by atoms with E-state index in [9.17, 15) is 0 Å². The van der Waals surface area contributed by atoms with Gasteiger partial charge in [0.1, 0.15) is 0 Å². The van der Waals surface area contributed by atoms with Crippen LogP contribution in [0.4, 0.5) is 0 Å². The quantitative estimate of drug-likeness (QED) is 0.824. The van der Waals surface area contributed by atoms with Gasteiger partial charge in [0, 0.05) is 30.9 Å². The summed E-state index contributed by atoms with van der Waals surface area (Å²) in [7, 11) is 0. The van der Waals surface area contributed by atoms with Gasteiger partial charge in [0.15, 0.2) is 5.17 Å². The number of ether oxygens (including phenoxy) is 1. The zero-order valence-electron chi connectivity index (χ0n) is 10.2. The largest absolute Gasteiger partial charge is 0.378 e. The van der Waals surface area contributed by atoms with E-state index in [1.165, 1.54) is 18.6 Å². The maximum absolute atomic E-state index is 5.68. The summed E-state index contributed by atoms with van der Waals surface area (Å²) in [4.78, 5) is 4.70. The van der Waals surface area contributed by atoms with Gasteiger partial charge in [-0.3, -0.25) is 4.99 Å². The van der Waals surface area contributed by atoms with Crippen molar-refractivity contribution < 1.29 is 4.74 Å². The molecule has 3 atom stereocenters. The highest BCUT2D eigenvalue weighted by Gasteiger charge is 2.26. The van der Waals surface area contributed by atoms with Gasteiger partial charge >= 0.3 is 0 Å². The SMILES string of the molecule is CCC1OCCC1CN=C1NC(C)CCS1. The third kappa shape index (κ3) is 3.14. The van der Waals surface area contributed by atoms with Crippen LogP contribution in [0, 0.1) is 5.92 Å². The zero-order chi connectivity index (χ0) is 11.4. The molecule has 0 radical (unpaired) electrons. The Morgan fingerprint density at radius 3 is 3.12 bits per heavy atom. The Balaban J connectivity index is 1.83. The number of nitrogens with zero attached hydrogens (tertiary/aromatic N) is 1. The molecule has 2 heterocycles. The molecule has 0 aliphatic carbocycles. The van der Waals surface area contributed by atoms with Crippen molar-refractivity contribution in [1.29, 1.82) is 0 Å². The highest BCUT2D eigenvalue weighted by Crippen LogP contribution is 2.24. The highest BCUT2D eigenvalue weighted by atomic mass is 32.2. The number of aliphatic imine (C=N–C) groups is 1. The van der Waals surface area contributed by atoms with Crippen molar-refractivity contribution in [1.82, 2.24) is 5.32 Å². The van der Waals surface area contributed by atoms with E-state index in [0.717, 1.165) is 24.7 Å². The molecule has 3 nitrogen and oxygen atoms in total. The Labute approximate surface area is 102 Å². The Morgan fingerprint density at radius 1 is 1.50 bits per heavy atom. The minimum absolute atomic E-state index is 0.440. The molecule has 2 aliphatic heterocycles. The van der Waals surface area contributed by atoms with Crippen molar-refractivity contribution in [2.75, 3.05) is 18.9 Å². The average Bonchev–Trinajstić information content (AvgIpc) is 2.74. The number of hydrogen-bond donors (Lipinski definition) is 1. The Bertz CT molecular complexity index is 257. The summed E-state index contributed by atoms with van der Waals surface area (Å²) >= 11 is 1.86. The zero-order valence-corrected chi connectivity index (χ0v) is 11.1. The van der Waals surface area contributed by atoms with E-state index in [0.29, 0.717) is 18.1 Å². The number of amidine groups is 1. The van der Waals surface area contributed by atoms with Crippen LogP contribution in [0.15, 0.2) is 4.99 Å². The lowest BCUT2D eigenvalue weighted by atomic mass is 10.0. The van der Waals surface area contributed by atoms with Crippen LogP contribution in [0.1, 0.15) is 33.1 Å². The first-order valence-electron chi connectivity index (χ1n) is 6.35. The Hall–Kier alpha value is -0.220. The van der Waals surface area contributed by atoms with E-state index in [1.807, 2.05) is 11.8 Å². The van der Waals surface area contributed by atoms with E-state index in [4.69, 9.17) is 9.73 Å². The first-order valence-corrected chi connectivity index (χ1v) is 7.33. The number of rotatable bonds is 3. The average molecular weight is 242 g/mol. The molecule has 4 heteroatoms. The summed E-state index contributed by atoms with van der Waals surface area (Å²) in [6, 6.07) is 0.585. The molecule has 92 valence electrons. The molecule has 2 fully saturated rings. The number of hydrogen-bond acceptors (Lipinski definition) is 3. The fourth-order valence-corrected chi connectivity index (χ4v) is 3.42. The third-order valence-corrected chi connectivity index (χ3v) is 4.34. The van der Waals surface area contributed by atoms with Crippen molar-refractivity contribution in [3.63, 3.8) is 0 Å². The van der Waals surface area contributed by atoms with Gasteiger partial charge in [0.2, 0.25) is 0 Å². The minimum Gasteiger partial charge on any atom is -0.378 e. The highest BCUT2D eigenvalue weighted by molar-refractivity contribution is 8.13. The molecule has 3 unspecified atom stereocenters. The standard InChI is InChI=1S/C12H22N2OS/c1-3-11-10(4-6-15-11)8-13-12-14-9(2)5-7-16-12/h9-11H,3-8H2,1-2H3,(H,13,14). The molecule has 0 aromatic rings. The molecule has 1 N–H and O–H groups in total. The summed E-state index contributed by atoms with van der Waals surface area (Å²) in [6.45, 7) is 6.28. The number of nitrogens with one attached hydrogen (secondary N) is 1. The monoisotopic (exact) mass is 242 g/mol. The molecule has 2 rings (SSSR count). The second kappa shape index (κ2) is 5.92. The van der Waals surface area contributed by atoms with E-state index in [-0.39, 0.29) is 0 Å². The second-order valence-corrected chi connectivity index (χ2v) is 5.78. The van der Waals surface area contributed by atoms with Gasteiger partial charge in [0.25, 0.3) is 0 Å². The van der Waals surface area contributed by atoms with Gasteiger partial charge in [-0.25, -0.2) is 0 Å². The molecule has 0 aromatic carbocycles. The smallest absolute Gasteiger partial charge is 0.156 e. The van der Waals surface area contributed by atoms with Crippen LogP contribution in [-0.4, -0.2) is 36.2 Å². The maximum atomic E-state index is 5.68. The summed E-state index contributed by atoms with van der Waals surface area (Å²) in [5.74, 6) is 1.84. The summed E-state index contributed by atoms with van der Waals surface area (Å²) in [6.07, 6.45) is 3.98. The van der Waals surface area contributed by atoms with Crippen LogP contribution >= 0.6 is 11.8 Å². The van der Waals surface area contributed by atoms with Crippen molar-refractivity contribution in [3.8, 4) is 0 Å². The van der Waals surface area contributed by atoms with Crippen molar-refractivity contribution >= 4 is 16.9 Å². The molecule has 2 aliphatic rings. The molecule has 0 spiro atoms. The van der Waals surface area contributed by atoms with Gasteiger partial charge < -0.3 is 10.1 Å². The molecule has 16 heavy (non-hydrogen) atoms. The van der Waals surface area contributed by atoms with Crippen LogP contribution < -0.4 is 5.32 Å². The predicted molar refractivity (Wildman–Crippen MR) is 70.1 cm³/mol. The first kappa shape index (κ1) is 12.2. The minimum atomic E-state index is 0.440. The van der Waals surface area contributed by atoms with Gasteiger partial charge in [-0.1, -0.05) is 18.7 Å². The normalized spacial score (nSPS) is 37.6. The van der Waals surface area contributed by atoms with Crippen LogP contribution in [0.2, 0.25) is 0 Å². The Kier molecular flexibility index (Phi) is 4.53. The fourth-order valence-electron chi connectivity index (χ4n) is 2.30. The third-order valence-electron chi connectivity index (χ3n) is 3.38. The van der Waals surface area contributed by atoms with E-state index < -0.39 is 0 Å². The fraction of sp³-hybridized carbons (Fsp3) is 0.917.